The van der Waals surface area contributed by atoms with E-state index in [0.29, 0.717) is 23.0 Å². The fourth-order valence-electron chi connectivity index (χ4n) is 3.22. The number of carbonyl (C=O) groups excluding carboxylic acids is 2. The molecule has 5 nitrogen and oxygen atoms in total. The van der Waals surface area contributed by atoms with Crippen LogP contribution in [0.5, 0.6) is 23.0 Å². The molecular formula is C30H29FO5S. The van der Waals surface area contributed by atoms with E-state index in [1.54, 1.807) is 90.1 Å². The molecule has 1 heterocycles. The van der Waals surface area contributed by atoms with Crippen LogP contribution in [0.15, 0.2) is 66.7 Å². The lowest BCUT2D eigenvalue weighted by molar-refractivity contribution is -0.143. The van der Waals surface area contributed by atoms with Gasteiger partial charge in [-0.2, -0.15) is 0 Å². The first kappa shape index (κ1) is 26.4. The third kappa shape index (κ3) is 6.17. The van der Waals surface area contributed by atoms with Crippen LogP contribution in [0.3, 0.4) is 0 Å². The zero-order valence-corrected chi connectivity index (χ0v) is 22.5. The van der Waals surface area contributed by atoms with E-state index in [2.05, 4.69) is 0 Å². The van der Waals surface area contributed by atoms with Gasteiger partial charge in [0.2, 0.25) is 0 Å². The summed E-state index contributed by atoms with van der Waals surface area (Å²) in [6.07, 6.45) is 0. The number of carbonyl (C=O) groups is 2. The standard InChI is InChI=1S/C30H29FO5S/c1-29(2,3)27(32)35-21-13-11-20(12-14-21)34-25-23-16-15-22(36-28(33)30(4,5)6)17-24(23)37-26(25)18-7-9-19(31)10-8-18/h7-17H,1-6H3. The highest BCUT2D eigenvalue weighted by Crippen LogP contribution is 2.47. The Hall–Kier alpha value is -3.71. The molecule has 0 aliphatic heterocycles. The van der Waals surface area contributed by atoms with Crippen LogP contribution in [-0.4, -0.2) is 11.9 Å². The number of esters is 2. The SMILES string of the molecule is CC(C)(C)C(=O)Oc1ccc(Oc2c(-c3ccc(F)cc3)sc3cc(OC(=O)C(C)(C)C)ccc23)cc1. The van der Waals surface area contributed by atoms with Crippen LogP contribution >= 0.6 is 11.3 Å². The lowest BCUT2D eigenvalue weighted by Crippen LogP contribution is -2.25. The molecule has 0 unspecified atom stereocenters. The highest BCUT2D eigenvalue weighted by atomic mass is 32.1. The molecule has 0 saturated carbocycles. The van der Waals surface area contributed by atoms with Gasteiger partial charge in [-0.3, -0.25) is 9.59 Å². The van der Waals surface area contributed by atoms with Crippen LogP contribution in [0.4, 0.5) is 4.39 Å². The highest BCUT2D eigenvalue weighted by Gasteiger charge is 2.25. The maximum Gasteiger partial charge on any atom is 0.316 e. The summed E-state index contributed by atoms with van der Waals surface area (Å²) >= 11 is 1.46. The van der Waals surface area contributed by atoms with Gasteiger partial charge in [-0.25, -0.2) is 4.39 Å². The lowest BCUT2D eigenvalue weighted by Gasteiger charge is -2.16. The van der Waals surface area contributed by atoms with Crippen LogP contribution in [0.2, 0.25) is 0 Å². The van der Waals surface area contributed by atoms with Crippen molar-refractivity contribution in [3.8, 4) is 33.4 Å². The largest absolute Gasteiger partial charge is 0.455 e. The van der Waals surface area contributed by atoms with E-state index in [9.17, 15) is 14.0 Å². The van der Waals surface area contributed by atoms with Crippen LogP contribution < -0.4 is 14.2 Å². The second kappa shape index (κ2) is 9.98. The molecular weight excluding hydrogens is 491 g/mol. The number of thiophene rings is 1. The molecule has 0 amide bonds. The van der Waals surface area contributed by atoms with Gasteiger partial charge in [-0.15, -0.1) is 11.3 Å². The molecule has 37 heavy (non-hydrogen) atoms. The fraction of sp³-hybridized carbons (Fsp3) is 0.267. The molecule has 0 radical (unpaired) electrons. The Kier molecular flexibility index (Phi) is 7.11. The van der Waals surface area contributed by atoms with Crippen molar-refractivity contribution in [2.45, 2.75) is 41.5 Å². The average molecular weight is 521 g/mol. The predicted octanol–water partition coefficient (Wildman–Crippen LogP) is 8.40. The maximum atomic E-state index is 13.6. The highest BCUT2D eigenvalue weighted by molar-refractivity contribution is 7.22. The van der Waals surface area contributed by atoms with Crippen LogP contribution in [0.1, 0.15) is 41.5 Å². The van der Waals surface area contributed by atoms with E-state index in [0.717, 1.165) is 20.5 Å². The molecule has 7 heteroatoms. The summed E-state index contributed by atoms with van der Waals surface area (Å²) in [6, 6.07) is 18.4. The number of ether oxygens (including phenoxy) is 3. The first-order chi connectivity index (χ1) is 17.3. The minimum atomic E-state index is -0.634. The maximum absolute atomic E-state index is 13.6. The Bertz CT molecular complexity index is 1440. The van der Waals surface area contributed by atoms with E-state index in [1.165, 1.54) is 23.5 Å². The topological polar surface area (TPSA) is 61.8 Å². The molecule has 0 N–H and O–H groups in total. The molecule has 4 aromatic rings. The summed E-state index contributed by atoms with van der Waals surface area (Å²) in [4.78, 5) is 25.4. The summed E-state index contributed by atoms with van der Waals surface area (Å²) in [6.45, 7) is 10.8. The molecule has 3 aromatic carbocycles. The van der Waals surface area contributed by atoms with Crippen molar-refractivity contribution in [1.82, 2.24) is 0 Å². The molecule has 0 bridgehead atoms. The molecule has 192 valence electrons. The van der Waals surface area contributed by atoms with Crippen molar-refractivity contribution in [3.05, 3.63) is 72.5 Å². The summed E-state index contributed by atoms with van der Waals surface area (Å²) in [7, 11) is 0. The first-order valence-corrected chi connectivity index (χ1v) is 12.7. The predicted molar refractivity (Wildman–Crippen MR) is 144 cm³/mol. The van der Waals surface area contributed by atoms with Gasteiger partial charge in [-0.1, -0.05) is 12.1 Å². The summed E-state index contributed by atoms with van der Waals surface area (Å²) in [5.74, 6) is 1.02. The lowest BCUT2D eigenvalue weighted by atomic mass is 9.97. The monoisotopic (exact) mass is 520 g/mol. The molecule has 0 atom stereocenters. The van der Waals surface area contributed by atoms with E-state index in [1.807, 2.05) is 6.07 Å². The number of hydrogen-bond donors (Lipinski definition) is 0. The number of rotatable bonds is 5. The van der Waals surface area contributed by atoms with E-state index in [4.69, 9.17) is 14.2 Å². The number of hydrogen-bond acceptors (Lipinski definition) is 6. The van der Waals surface area contributed by atoms with E-state index in [-0.39, 0.29) is 17.8 Å². The molecule has 4 rings (SSSR count). The van der Waals surface area contributed by atoms with Gasteiger partial charge in [0.25, 0.3) is 0 Å². The van der Waals surface area contributed by atoms with E-state index < -0.39 is 10.8 Å². The fourth-order valence-corrected chi connectivity index (χ4v) is 4.39. The van der Waals surface area contributed by atoms with Crippen molar-refractivity contribution in [1.29, 1.82) is 0 Å². The summed E-state index contributed by atoms with van der Waals surface area (Å²) in [5.41, 5.74) is -0.457. The Morgan fingerprint density at radius 1 is 0.703 bits per heavy atom. The Labute approximate surface area is 219 Å². The van der Waals surface area contributed by atoms with Crippen molar-refractivity contribution in [3.63, 3.8) is 0 Å². The number of benzene rings is 3. The smallest absolute Gasteiger partial charge is 0.316 e. The van der Waals surface area contributed by atoms with Crippen LogP contribution in [0.25, 0.3) is 20.5 Å². The quantitative estimate of drug-likeness (QED) is 0.195. The third-order valence-electron chi connectivity index (χ3n) is 5.41. The Balaban J connectivity index is 1.69. The van der Waals surface area contributed by atoms with Gasteiger partial charge >= 0.3 is 11.9 Å². The van der Waals surface area contributed by atoms with Crippen molar-refractivity contribution < 1.29 is 28.2 Å². The van der Waals surface area contributed by atoms with Gasteiger partial charge in [0.15, 0.2) is 5.75 Å². The van der Waals surface area contributed by atoms with Crippen molar-refractivity contribution in [2.75, 3.05) is 0 Å². The van der Waals surface area contributed by atoms with Gasteiger partial charge < -0.3 is 14.2 Å². The molecule has 0 aliphatic carbocycles. The Morgan fingerprint density at radius 3 is 1.78 bits per heavy atom. The van der Waals surface area contributed by atoms with Gasteiger partial charge in [-0.05, 0) is 102 Å². The second-order valence-corrected chi connectivity index (χ2v) is 11.8. The van der Waals surface area contributed by atoms with Gasteiger partial charge in [0, 0.05) is 10.1 Å². The van der Waals surface area contributed by atoms with E-state index >= 15 is 0 Å². The van der Waals surface area contributed by atoms with Crippen molar-refractivity contribution in [2.24, 2.45) is 10.8 Å². The van der Waals surface area contributed by atoms with Crippen LogP contribution in [-0.2, 0) is 9.59 Å². The third-order valence-corrected chi connectivity index (χ3v) is 6.59. The Morgan fingerprint density at radius 2 is 1.22 bits per heavy atom. The minimum absolute atomic E-state index is 0.327. The summed E-state index contributed by atoms with van der Waals surface area (Å²) < 4.78 is 31.8. The minimum Gasteiger partial charge on any atom is -0.455 e. The number of halogens is 1. The normalized spacial score (nSPS) is 11.9. The zero-order valence-electron chi connectivity index (χ0n) is 21.7. The zero-order chi connectivity index (χ0) is 27.0. The van der Waals surface area contributed by atoms with Gasteiger partial charge in [0.05, 0.1) is 15.7 Å². The number of fused-ring (bicyclic) bond motifs is 1. The molecule has 0 spiro atoms. The van der Waals surface area contributed by atoms with Crippen molar-refractivity contribution >= 4 is 33.4 Å². The summed E-state index contributed by atoms with van der Waals surface area (Å²) in [5, 5.41) is 0.822. The molecule has 1 aromatic heterocycles. The molecule has 0 saturated heterocycles. The molecule has 0 fully saturated rings. The van der Waals surface area contributed by atoms with Gasteiger partial charge in [0.1, 0.15) is 23.1 Å². The first-order valence-electron chi connectivity index (χ1n) is 11.9. The molecule has 0 aliphatic rings. The van der Waals surface area contributed by atoms with Crippen LogP contribution in [0, 0.1) is 16.6 Å². The second-order valence-electron chi connectivity index (χ2n) is 10.8. The average Bonchev–Trinajstić information content (AvgIpc) is 3.17.